The molecule has 0 radical (unpaired) electrons. The molecule has 2 saturated carbocycles. The maximum Gasteiger partial charge on any atom is 0.418 e. The fourth-order valence-electron chi connectivity index (χ4n) is 7.37. The van der Waals surface area contributed by atoms with Crippen molar-refractivity contribution in [3.8, 4) is 0 Å². The number of nitrogens with zero attached hydrogens (tertiary/aromatic N) is 4. The Morgan fingerprint density at radius 1 is 1.18 bits per heavy atom. The van der Waals surface area contributed by atoms with Gasteiger partial charge in [-0.25, -0.2) is 15.6 Å². The summed E-state index contributed by atoms with van der Waals surface area (Å²) in [7, 11) is 0. The van der Waals surface area contributed by atoms with Crippen LogP contribution in [-0.4, -0.2) is 64.4 Å². The maximum atomic E-state index is 14.3. The molecule has 11 heteroatoms. The number of alkyl halides is 3. The van der Waals surface area contributed by atoms with Crippen LogP contribution in [0.2, 0.25) is 0 Å². The number of morpholine rings is 1. The van der Waals surface area contributed by atoms with Crippen molar-refractivity contribution in [2.45, 2.75) is 82.9 Å². The normalized spacial score (nSPS) is 32.1. The number of fused-ring (bicyclic) bond motifs is 1. The van der Waals surface area contributed by atoms with Gasteiger partial charge in [-0.2, -0.15) is 13.2 Å². The van der Waals surface area contributed by atoms with Crippen LogP contribution in [0, 0.1) is 17.8 Å². The molecule has 2 N–H and O–H groups in total. The highest BCUT2D eigenvalue weighted by Crippen LogP contribution is 2.47. The first-order valence-electron chi connectivity index (χ1n) is 15.8. The van der Waals surface area contributed by atoms with Gasteiger partial charge < -0.3 is 4.74 Å². The smallest absolute Gasteiger partial charge is 0.376 e. The maximum absolute atomic E-state index is 14.3. The minimum atomic E-state index is -4.61. The number of nitrogens with one attached hydrogen (secondary N) is 2. The van der Waals surface area contributed by atoms with Gasteiger partial charge in [-0.3, -0.25) is 18.8 Å². The SMILES string of the molecule is [2H]C([2H])([2H])N1CNNC1[C@@H](C1CCC1)C1CCCC(n2cc3c(C(F)(F)F)cc(CN4CCO[C@H](C)C4)cn3c2=O)C1. The van der Waals surface area contributed by atoms with Crippen molar-refractivity contribution < 1.29 is 22.0 Å². The lowest BCUT2D eigenvalue weighted by Crippen LogP contribution is -2.50. The van der Waals surface area contributed by atoms with Crippen molar-refractivity contribution in [3.05, 3.63) is 40.1 Å². The van der Waals surface area contributed by atoms with E-state index in [9.17, 15) is 18.0 Å². The van der Waals surface area contributed by atoms with Crippen LogP contribution in [0.1, 0.15) is 73.2 Å². The first kappa shape index (κ1) is 23.8. The number of rotatable bonds is 6. The van der Waals surface area contributed by atoms with E-state index in [1.807, 2.05) is 6.92 Å². The van der Waals surface area contributed by atoms with Crippen LogP contribution in [0.25, 0.3) is 5.52 Å². The highest BCUT2D eigenvalue weighted by Gasteiger charge is 2.44. The number of hydrazine groups is 1. The van der Waals surface area contributed by atoms with Gasteiger partial charge in [0.1, 0.15) is 0 Å². The summed E-state index contributed by atoms with van der Waals surface area (Å²) in [4.78, 5) is 17.3. The van der Waals surface area contributed by atoms with Gasteiger partial charge in [-0.05, 0) is 62.5 Å². The number of halogens is 3. The highest BCUT2D eigenvalue weighted by atomic mass is 19.4. The van der Waals surface area contributed by atoms with Crippen LogP contribution >= 0.6 is 0 Å². The van der Waals surface area contributed by atoms with E-state index in [4.69, 9.17) is 8.85 Å². The summed E-state index contributed by atoms with van der Waals surface area (Å²) in [6.07, 6.45) is 4.23. The quantitative estimate of drug-likeness (QED) is 0.567. The van der Waals surface area contributed by atoms with Gasteiger partial charge in [0, 0.05) is 42.2 Å². The third kappa shape index (κ3) is 5.40. The van der Waals surface area contributed by atoms with Crippen molar-refractivity contribution in [2.75, 3.05) is 33.3 Å². The summed E-state index contributed by atoms with van der Waals surface area (Å²) in [5.41, 5.74) is 5.30. The zero-order valence-corrected chi connectivity index (χ0v) is 22.4. The average Bonchev–Trinajstić information content (AvgIpc) is 3.51. The molecule has 2 aliphatic carbocycles. The summed E-state index contributed by atoms with van der Waals surface area (Å²) < 4.78 is 75.3. The predicted molar refractivity (Wildman–Crippen MR) is 142 cm³/mol. The molecule has 0 bridgehead atoms. The van der Waals surface area contributed by atoms with Crippen LogP contribution in [0.5, 0.6) is 0 Å². The van der Waals surface area contributed by atoms with Crippen LogP contribution in [0.4, 0.5) is 13.2 Å². The molecule has 4 heterocycles. The second-order valence-electron chi connectivity index (χ2n) is 12.0. The number of imidazole rings is 1. The summed E-state index contributed by atoms with van der Waals surface area (Å²) in [6, 6.07) is 0.927. The summed E-state index contributed by atoms with van der Waals surface area (Å²) in [5, 5.41) is 0. The Morgan fingerprint density at radius 3 is 2.69 bits per heavy atom. The Hall–Kier alpha value is -1.92. The first-order chi connectivity index (χ1) is 19.9. The zero-order valence-electron chi connectivity index (χ0n) is 25.4. The molecule has 6 rings (SSSR count). The van der Waals surface area contributed by atoms with E-state index in [0.717, 1.165) is 32.1 Å². The highest BCUT2D eigenvalue weighted by molar-refractivity contribution is 5.56. The second-order valence-corrected chi connectivity index (χ2v) is 12.0. The number of pyridine rings is 1. The molecule has 5 atom stereocenters. The van der Waals surface area contributed by atoms with Gasteiger partial charge in [-0.1, -0.05) is 25.7 Å². The molecular weight excluding hydrogens is 509 g/mol. The Balaban J connectivity index is 1.31. The fourth-order valence-corrected chi connectivity index (χ4v) is 7.37. The number of aromatic nitrogens is 2. The molecule has 0 amide bonds. The van der Waals surface area contributed by atoms with Crippen molar-refractivity contribution in [3.63, 3.8) is 0 Å². The molecule has 0 aromatic carbocycles. The van der Waals surface area contributed by atoms with Crippen molar-refractivity contribution >= 4 is 5.52 Å². The van der Waals surface area contributed by atoms with E-state index in [-0.39, 0.29) is 42.3 Å². The largest absolute Gasteiger partial charge is 0.418 e. The van der Waals surface area contributed by atoms with Crippen LogP contribution < -0.4 is 16.5 Å². The topological polar surface area (TPSA) is 66.2 Å². The van der Waals surface area contributed by atoms with Gasteiger partial charge in [0.25, 0.3) is 0 Å². The van der Waals surface area contributed by atoms with E-state index in [0.29, 0.717) is 50.6 Å². The van der Waals surface area contributed by atoms with E-state index in [1.54, 1.807) is 6.20 Å². The van der Waals surface area contributed by atoms with E-state index in [2.05, 4.69) is 15.8 Å². The monoisotopic (exact) mass is 553 g/mol. The third-order valence-corrected chi connectivity index (χ3v) is 9.40. The van der Waals surface area contributed by atoms with E-state index >= 15 is 0 Å². The van der Waals surface area contributed by atoms with Crippen molar-refractivity contribution in [1.82, 2.24) is 29.6 Å². The van der Waals surface area contributed by atoms with Gasteiger partial charge >= 0.3 is 11.9 Å². The standard InChI is InChI=1S/C28H41F3N6O2/c1-18-13-35(9-10-39-18)14-19-11-23(28(29,30)31)24-16-36(27(38)37(24)15-19)22-8-4-7-21(12-22)25(20-5-3-6-20)26-33-32-17-34(26)2/h11,15-16,18,20-22,25-26,32-33H,3-10,12-14,17H2,1-2H3/t18-,21?,22?,25+,26?/m1/s1/i2D3. The van der Waals surface area contributed by atoms with Gasteiger partial charge in [0.2, 0.25) is 0 Å². The molecule has 8 nitrogen and oxygen atoms in total. The molecule has 2 aromatic heterocycles. The minimum absolute atomic E-state index is 0.00144. The first-order valence-corrected chi connectivity index (χ1v) is 14.3. The van der Waals surface area contributed by atoms with Crippen molar-refractivity contribution in [2.24, 2.45) is 17.8 Å². The molecule has 216 valence electrons. The molecule has 0 spiro atoms. The summed E-state index contributed by atoms with van der Waals surface area (Å²) in [5.74, 6) is 0.591. The minimum Gasteiger partial charge on any atom is -0.376 e. The number of hydrogen-bond donors (Lipinski definition) is 2. The Labute approximate surface area is 231 Å². The van der Waals surface area contributed by atoms with Crippen molar-refractivity contribution in [1.29, 1.82) is 0 Å². The lowest BCUT2D eigenvalue weighted by atomic mass is 9.65. The Kier molecular flexibility index (Phi) is 6.59. The van der Waals surface area contributed by atoms with Crippen LogP contribution in [0.3, 0.4) is 0 Å². The lowest BCUT2D eigenvalue weighted by Gasteiger charge is -2.46. The number of ether oxygens (including phenoxy) is 1. The molecule has 4 aliphatic rings. The molecule has 39 heavy (non-hydrogen) atoms. The lowest BCUT2D eigenvalue weighted by molar-refractivity contribution is -0.136. The summed E-state index contributed by atoms with van der Waals surface area (Å²) >= 11 is 0. The van der Waals surface area contributed by atoms with Crippen LogP contribution in [-0.2, 0) is 17.5 Å². The molecule has 2 aliphatic heterocycles. The molecular formula is C28H41F3N6O2. The average molecular weight is 554 g/mol. The van der Waals surface area contributed by atoms with Gasteiger partial charge in [0.05, 0.1) is 36.6 Å². The second kappa shape index (κ2) is 10.8. The third-order valence-electron chi connectivity index (χ3n) is 9.40. The van der Waals surface area contributed by atoms with Crippen LogP contribution in [0.15, 0.2) is 23.3 Å². The Bertz CT molecular complexity index is 1330. The molecule has 3 unspecified atom stereocenters. The zero-order chi connectivity index (χ0) is 29.8. The summed E-state index contributed by atoms with van der Waals surface area (Å²) in [6.45, 7) is 1.97. The Morgan fingerprint density at radius 2 is 1.97 bits per heavy atom. The molecule has 4 fully saturated rings. The molecule has 2 saturated heterocycles. The number of hydrogen-bond acceptors (Lipinski definition) is 6. The van der Waals surface area contributed by atoms with Gasteiger partial charge in [-0.15, -0.1) is 0 Å². The van der Waals surface area contributed by atoms with E-state index in [1.165, 1.54) is 26.1 Å². The van der Waals surface area contributed by atoms with Gasteiger partial charge in [0.15, 0.2) is 0 Å². The fraction of sp³-hybridized carbons (Fsp3) is 0.750. The molecule has 2 aromatic rings. The predicted octanol–water partition coefficient (Wildman–Crippen LogP) is 3.81. The van der Waals surface area contributed by atoms with E-state index < -0.39 is 24.4 Å².